The third-order valence-electron chi connectivity index (χ3n) is 2.03. The summed E-state index contributed by atoms with van der Waals surface area (Å²) in [5.74, 6) is 1.23. The highest BCUT2D eigenvalue weighted by Crippen LogP contribution is 2.22. The molecule has 0 bridgehead atoms. The van der Waals surface area contributed by atoms with Gasteiger partial charge in [-0.3, -0.25) is 0 Å². The lowest BCUT2D eigenvalue weighted by Crippen LogP contribution is -2.01. The number of rotatable bonds is 5. The van der Waals surface area contributed by atoms with Crippen LogP contribution in [0.25, 0.3) is 0 Å². The average molecular weight is 245 g/mol. The van der Waals surface area contributed by atoms with Crippen LogP contribution in [0.4, 0.5) is 0 Å². The van der Waals surface area contributed by atoms with E-state index in [2.05, 4.69) is 13.5 Å². The lowest BCUT2D eigenvalue weighted by Gasteiger charge is -2.08. The standard InChI is InChI=1S/C12H14Cl2O/c1-3-10-6-11(4-5-12(10)14)15-8-9(2)7-13/h4-6H,2-3,7-8H2,1H3. The van der Waals surface area contributed by atoms with E-state index in [0.29, 0.717) is 12.5 Å². The van der Waals surface area contributed by atoms with Gasteiger partial charge in [0, 0.05) is 10.9 Å². The Labute approximate surface area is 101 Å². The lowest BCUT2D eigenvalue weighted by molar-refractivity contribution is 0.353. The van der Waals surface area contributed by atoms with E-state index in [1.807, 2.05) is 18.2 Å². The summed E-state index contributed by atoms with van der Waals surface area (Å²) in [6.45, 7) is 6.28. The molecule has 0 heterocycles. The van der Waals surface area contributed by atoms with Crippen LogP contribution in [-0.4, -0.2) is 12.5 Å². The van der Waals surface area contributed by atoms with Crippen LogP contribution in [-0.2, 0) is 6.42 Å². The predicted molar refractivity (Wildman–Crippen MR) is 66.2 cm³/mol. The Morgan fingerprint density at radius 2 is 2.20 bits per heavy atom. The van der Waals surface area contributed by atoms with Crippen molar-refractivity contribution in [2.24, 2.45) is 0 Å². The van der Waals surface area contributed by atoms with Gasteiger partial charge in [-0.25, -0.2) is 0 Å². The van der Waals surface area contributed by atoms with Crippen molar-refractivity contribution >= 4 is 23.2 Å². The Hall–Kier alpha value is -0.660. The summed E-state index contributed by atoms with van der Waals surface area (Å²) in [4.78, 5) is 0. The van der Waals surface area contributed by atoms with Crippen LogP contribution < -0.4 is 4.74 Å². The maximum Gasteiger partial charge on any atom is 0.120 e. The van der Waals surface area contributed by atoms with E-state index in [-0.39, 0.29) is 0 Å². The Kier molecular flexibility index (Phi) is 5.00. The monoisotopic (exact) mass is 244 g/mol. The van der Waals surface area contributed by atoms with Gasteiger partial charge < -0.3 is 4.74 Å². The summed E-state index contributed by atoms with van der Waals surface area (Å²) < 4.78 is 5.51. The molecule has 1 aromatic carbocycles. The molecule has 1 rings (SSSR count). The first-order chi connectivity index (χ1) is 7.17. The van der Waals surface area contributed by atoms with Crippen molar-refractivity contribution in [3.8, 4) is 5.75 Å². The number of alkyl halides is 1. The summed E-state index contributed by atoms with van der Waals surface area (Å²) in [6, 6.07) is 5.64. The van der Waals surface area contributed by atoms with Crippen molar-refractivity contribution in [2.75, 3.05) is 12.5 Å². The third-order valence-corrected chi connectivity index (χ3v) is 2.78. The largest absolute Gasteiger partial charge is 0.489 e. The Bertz CT molecular complexity index is 347. The van der Waals surface area contributed by atoms with Gasteiger partial charge in [0.2, 0.25) is 0 Å². The number of hydrogen-bond donors (Lipinski definition) is 0. The van der Waals surface area contributed by atoms with Crippen molar-refractivity contribution in [3.05, 3.63) is 40.9 Å². The average Bonchev–Trinajstić information content (AvgIpc) is 2.27. The van der Waals surface area contributed by atoms with Crippen molar-refractivity contribution < 1.29 is 4.74 Å². The first-order valence-corrected chi connectivity index (χ1v) is 5.72. The third kappa shape index (κ3) is 3.77. The van der Waals surface area contributed by atoms with Crippen LogP contribution in [0.15, 0.2) is 30.4 Å². The maximum absolute atomic E-state index is 5.99. The minimum Gasteiger partial charge on any atom is -0.489 e. The van der Waals surface area contributed by atoms with Crippen LogP contribution in [0, 0.1) is 0 Å². The van der Waals surface area contributed by atoms with Gasteiger partial charge in [-0.1, -0.05) is 25.1 Å². The number of hydrogen-bond acceptors (Lipinski definition) is 1. The summed E-state index contributed by atoms with van der Waals surface area (Å²) in [5, 5.41) is 0.779. The zero-order valence-corrected chi connectivity index (χ0v) is 10.2. The van der Waals surface area contributed by atoms with Gasteiger partial charge in [0.1, 0.15) is 12.4 Å². The Morgan fingerprint density at radius 3 is 2.80 bits per heavy atom. The zero-order chi connectivity index (χ0) is 11.3. The molecule has 0 N–H and O–H groups in total. The molecule has 0 unspecified atom stereocenters. The van der Waals surface area contributed by atoms with Gasteiger partial charge in [-0.2, -0.15) is 0 Å². The molecule has 0 amide bonds. The van der Waals surface area contributed by atoms with E-state index < -0.39 is 0 Å². The van der Waals surface area contributed by atoms with Gasteiger partial charge in [0.15, 0.2) is 0 Å². The van der Waals surface area contributed by atoms with Gasteiger partial charge in [-0.15, -0.1) is 11.6 Å². The van der Waals surface area contributed by atoms with E-state index >= 15 is 0 Å². The molecule has 1 aromatic rings. The molecule has 3 heteroatoms. The first-order valence-electron chi connectivity index (χ1n) is 4.81. The SMILES string of the molecule is C=C(CCl)COc1ccc(Cl)c(CC)c1. The van der Waals surface area contributed by atoms with Crippen LogP contribution >= 0.6 is 23.2 Å². The molecule has 0 atom stereocenters. The number of halogens is 2. The van der Waals surface area contributed by atoms with Crippen LogP contribution in [0.2, 0.25) is 5.02 Å². The van der Waals surface area contributed by atoms with E-state index in [0.717, 1.165) is 28.3 Å². The highest BCUT2D eigenvalue weighted by molar-refractivity contribution is 6.31. The molecular weight excluding hydrogens is 231 g/mol. The maximum atomic E-state index is 5.99. The molecule has 0 radical (unpaired) electrons. The summed E-state index contributed by atoms with van der Waals surface area (Å²) in [5.41, 5.74) is 1.95. The molecule has 0 aliphatic carbocycles. The summed E-state index contributed by atoms with van der Waals surface area (Å²) in [7, 11) is 0. The Balaban J connectivity index is 2.66. The van der Waals surface area contributed by atoms with Gasteiger partial charge in [0.05, 0.1) is 0 Å². The van der Waals surface area contributed by atoms with E-state index in [9.17, 15) is 0 Å². The fourth-order valence-corrected chi connectivity index (χ4v) is 1.46. The zero-order valence-electron chi connectivity index (χ0n) is 8.72. The van der Waals surface area contributed by atoms with Gasteiger partial charge in [0.25, 0.3) is 0 Å². The minimum atomic E-state index is 0.425. The van der Waals surface area contributed by atoms with E-state index in [4.69, 9.17) is 27.9 Å². The lowest BCUT2D eigenvalue weighted by atomic mass is 10.1. The molecule has 1 nitrogen and oxygen atoms in total. The van der Waals surface area contributed by atoms with Gasteiger partial charge in [-0.05, 0) is 35.8 Å². The van der Waals surface area contributed by atoms with Crippen LogP contribution in [0.3, 0.4) is 0 Å². The van der Waals surface area contributed by atoms with Crippen LogP contribution in [0.5, 0.6) is 5.75 Å². The molecule has 0 aromatic heterocycles. The smallest absolute Gasteiger partial charge is 0.120 e. The van der Waals surface area contributed by atoms with E-state index in [1.165, 1.54) is 0 Å². The molecule has 0 saturated carbocycles. The number of ether oxygens (including phenoxy) is 1. The van der Waals surface area contributed by atoms with Crippen molar-refractivity contribution in [2.45, 2.75) is 13.3 Å². The Morgan fingerprint density at radius 1 is 1.47 bits per heavy atom. The van der Waals surface area contributed by atoms with Crippen molar-refractivity contribution in [3.63, 3.8) is 0 Å². The highest BCUT2D eigenvalue weighted by Gasteiger charge is 2.01. The molecular formula is C12H14Cl2O. The highest BCUT2D eigenvalue weighted by atomic mass is 35.5. The number of aryl methyl sites for hydroxylation is 1. The van der Waals surface area contributed by atoms with Gasteiger partial charge >= 0.3 is 0 Å². The molecule has 15 heavy (non-hydrogen) atoms. The fourth-order valence-electron chi connectivity index (χ4n) is 1.14. The first kappa shape index (κ1) is 12.4. The molecule has 0 saturated heterocycles. The molecule has 0 aliphatic rings. The quantitative estimate of drug-likeness (QED) is 0.561. The van der Waals surface area contributed by atoms with Crippen LogP contribution in [0.1, 0.15) is 12.5 Å². The molecule has 0 fully saturated rings. The van der Waals surface area contributed by atoms with Crippen molar-refractivity contribution in [1.82, 2.24) is 0 Å². The minimum absolute atomic E-state index is 0.425. The topological polar surface area (TPSA) is 9.23 Å². The number of benzene rings is 1. The summed E-state index contributed by atoms with van der Waals surface area (Å²) in [6.07, 6.45) is 0.895. The predicted octanol–water partition coefficient (Wildman–Crippen LogP) is 4.08. The molecule has 0 spiro atoms. The van der Waals surface area contributed by atoms with Crippen molar-refractivity contribution in [1.29, 1.82) is 0 Å². The van der Waals surface area contributed by atoms with E-state index in [1.54, 1.807) is 0 Å². The normalized spacial score (nSPS) is 10.1. The fraction of sp³-hybridized carbons (Fsp3) is 0.333. The molecule has 82 valence electrons. The molecule has 0 aliphatic heterocycles. The second-order valence-electron chi connectivity index (χ2n) is 3.28. The second kappa shape index (κ2) is 6.04. The summed E-state index contributed by atoms with van der Waals surface area (Å²) >= 11 is 11.6. The second-order valence-corrected chi connectivity index (χ2v) is 3.95.